The van der Waals surface area contributed by atoms with E-state index in [-0.39, 0.29) is 18.2 Å². The van der Waals surface area contributed by atoms with Crippen LogP contribution in [-0.4, -0.2) is 74.1 Å². The van der Waals surface area contributed by atoms with Crippen molar-refractivity contribution in [3.63, 3.8) is 0 Å². The molecule has 2 amide bonds. The van der Waals surface area contributed by atoms with Gasteiger partial charge in [-0.25, -0.2) is 14.6 Å². The summed E-state index contributed by atoms with van der Waals surface area (Å²) in [6.45, 7) is 14.6. The SMILES string of the molecule is Cc1cc(C)nc(-n2nc(C)c(CC(=O)N3CCN(CC(=O)Nc4cccc(C)c4C)CC3)c2C)n1. The number of hydrogen-bond acceptors (Lipinski definition) is 6. The number of nitrogens with one attached hydrogen (secondary N) is 1. The first-order valence-corrected chi connectivity index (χ1v) is 12.4. The minimum atomic E-state index is -0.0317. The van der Waals surface area contributed by atoms with Gasteiger partial charge < -0.3 is 10.2 Å². The molecule has 0 radical (unpaired) electrons. The van der Waals surface area contributed by atoms with E-state index in [1.165, 1.54) is 0 Å². The Morgan fingerprint density at radius 3 is 2.28 bits per heavy atom. The zero-order valence-electron chi connectivity index (χ0n) is 22.1. The molecule has 36 heavy (non-hydrogen) atoms. The van der Waals surface area contributed by atoms with Crippen molar-refractivity contribution in [2.45, 2.75) is 48.0 Å². The molecular weight excluding hydrogens is 454 g/mol. The number of nitrogens with zero attached hydrogens (tertiary/aromatic N) is 6. The van der Waals surface area contributed by atoms with Crippen molar-refractivity contribution < 1.29 is 9.59 Å². The van der Waals surface area contributed by atoms with E-state index in [1.807, 2.05) is 70.7 Å². The number of aryl methyl sites for hydroxylation is 4. The van der Waals surface area contributed by atoms with Crippen molar-refractivity contribution in [3.05, 3.63) is 63.7 Å². The molecule has 1 saturated heterocycles. The third-order valence-corrected chi connectivity index (χ3v) is 6.90. The summed E-state index contributed by atoms with van der Waals surface area (Å²) in [6, 6.07) is 7.83. The quantitative estimate of drug-likeness (QED) is 0.572. The monoisotopic (exact) mass is 489 g/mol. The summed E-state index contributed by atoms with van der Waals surface area (Å²) in [6.07, 6.45) is 0.287. The van der Waals surface area contributed by atoms with E-state index in [4.69, 9.17) is 0 Å². The molecule has 9 heteroatoms. The second kappa shape index (κ2) is 10.6. The highest BCUT2D eigenvalue weighted by molar-refractivity contribution is 5.93. The van der Waals surface area contributed by atoms with Crippen molar-refractivity contribution in [2.24, 2.45) is 0 Å². The number of piperazine rings is 1. The molecule has 0 bridgehead atoms. The van der Waals surface area contributed by atoms with Gasteiger partial charge in [0.05, 0.1) is 18.7 Å². The number of rotatable bonds is 6. The van der Waals surface area contributed by atoms with Crippen LogP contribution in [0.5, 0.6) is 0 Å². The van der Waals surface area contributed by atoms with E-state index in [0.29, 0.717) is 38.7 Å². The van der Waals surface area contributed by atoms with Crippen molar-refractivity contribution in [1.29, 1.82) is 0 Å². The summed E-state index contributed by atoms with van der Waals surface area (Å²) < 4.78 is 1.73. The summed E-state index contributed by atoms with van der Waals surface area (Å²) in [5.74, 6) is 0.567. The van der Waals surface area contributed by atoms with Gasteiger partial charge in [0.15, 0.2) is 0 Å². The van der Waals surface area contributed by atoms with Crippen LogP contribution in [0.25, 0.3) is 5.95 Å². The Kier molecular flexibility index (Phi) is 7.49. The Labute approximate surface area is 212 Å². The molecule has 2 aromatic heterocycles. The summed E-state index contributed by atoms with van der Waals surface area (Å²) >= 11 is 0. The highest BCUT2D eigenvalue weighted by atomic mass is 16.2. The Hall–Kier alpha value is -3.59. The van der Waals surface area contributed by atoms with Gasteiger partial charge in [-0.1, -0.05) is 12.1 Å². The third kappa shape index (κ3) is 5.62. The van der Waals surface area contributed by atoms with Gasteiger partial charge in [-0.15, -0.1) is 0 Å². The minimum absolute atomic E-state index is 0.0317. The lowest BCUT2D eigenvalue weighted by Gasteiger charge is -2.34. The zero-order chi connectivity index (χ0) is 26.0. The van der Waals surface area contributed by atoms with Crippen molar-refractivity contribution in [1.82, 2.24) is 29.5 Å². The van der Waals surface area contributed by atoms with Gasteiger partial charge in [0.1, 0.15) is 0 Å². The second-order valence-corrected chi connectivity index (χ2v) is 9.64. The molecule has 1 fully saturated rings. The van der Waals surface area contributed by atoms with Crippen LogP contribution in [0.3, 0.4) is 0 Å². The van der Waals surface area contributed by atoms with Crippen LogP contribution >= 0.6 is 0 Å². The Morgan fingerprint density at radius 1 is 0.944 bits per heavy atom. The van der Waals surface area contributed by atoms with Gasteiger partial charge in [0, 0.05) is 54.5 Å². The van der Waals surface area contributed by atoms with E-state index < -0.39 is 0 Å². The predicted octanol–water partition coefficient (Wildman–Crippen LogP) is 2.84. The fourth-order valence-electron chi connectivity index (χ4n) is 4.63. The molecule has 190 valence electrons. The van der Waals surface area contributed by atoms with Gasteiger partial charge in [0.25, 0.3) is 5.95 Å². The smallest absolute Gasteiger partial charge is 0.251 e. The molecule has 0 saturated carbocycles. The summed E-state index contributed by atoms with van der Waals surface area (Å²) in [5.41, 5.74) is 7.45. The van der Waals surface area contributed by atoms with Crippen LogP contribution in [0.1, 0.15) is 39.5 Å². The van der Waals surface area contributed by atoms with Crippen LogP contribution in [0.4, 0.5) is 5.69 Å². The van der Waals surface area contributed by atoms with Crippen molar-refractivity contribution in [3.8, 4) is 5.95 Å². The van der Waals surface area contributed by atoms with Gasteiger partial charge in [0.2, 0.25) is 11.8 Å². The fraction of sp³-hybridized carbons (Fsp3) is 0.444. The van der Waals surface area contributed by atoms with Crippen molar-refractivity contribution >= 4 is 17.5 Å². The molecule has 1 N–H and O–H groups in total. The first-order valence-electron chi connectivity index (χ1n) is 12.4. The molecule has 1 aromatic carbocycles. The topological polar surface area (TPSA) is 96.3 Å². The maximum atomic E-state index is 13.1. The molecule has 0 atom stereocenters. The highest BCUT2D eigenvalue weighted by Gasteiger charge is 2.25. The average Bonchev–Trinajstić information content (AvgIpc) is 3.10. The number of hydrogen-bond donors (Lipinski definition) is 1. The maximum Gasteiger partial charge on any atom is 0.251 e. The lowest BCUT2D eigenvalue weighted by Crippen LogP contribution is -2.50. The standard InChI is InChI=1S/C27H35N7O2/c1-17-8-7-9-24(20(17)4)30-25(35)16-32-10-12-33(13-11-32)26(36)15-23-21(5)31-34(22(23)6)27-28-18(2)14-19(3)29-27/h7-9,14H,10-13,15-16H2,1-6H3,(H,30,35). The van der Waals surface area contributed by atoms with E-state index in [2.05, 4.69) is 25.3 Å². The Morgan fingerprint density at radius 2 is 1.61 bits per heavy atom. The summed E-state index contributed by atoms with van der Waals surface area (Å²) in [5, 5.41) is 7.64. The summed E-state index contributed by atoms with van der Waals surface area (Å²) in [4.78, 5) is 38.7. The predicted molar refractivity (Wildman–Crippen MR) is 139 cm³/mol. The Balaban J connectivity index is 1.33. The number of benzene rings is 1. The normalized spacial score (nSPS) is 14.2. The molecule has 1 aliphatic rings. The number of amides is 2. The van der Waals surface area contributed by atoms with Crippen LogP contribution in [0.2, 0.25) is 0 Å². The molecule has 9 nitrogen and oxygen atoms in total. The van der Waals surface area contributed by atoms with Gasteiger partial charge >= 0.3 is 0 Å². The van der Waals surface area contributed by atoms with Crippen LogP contribution in [0, 0.1) is 41.5 Å². The molecule has 0 spiro atoms. The van der Waals surface area contributed by atoms with Crippen LogP contribution < -0.4 is 5.32 Å². The number of anilines is 1. The van der Waals surface area contributed by atoms with Crippen molar-refractivity contribution in [2.75, 3.05) is 38.0 Å². The van der Waals surface area contributed by atoms with Crippen LogP contribution in [-0.2, 0) is 16.0 Å². The minimum Gasteiger partial charge on any atom is -0.340 e. The lowest BCUT2D eigenvalue weighted by molar-refractivity contribution is -0.132. The molecule has 1 aliphatic heterocycles. The van der Waals surface area contributed by atoms with E-state index in [1.54, 1.807) is 4.68 Å². The molecule has 0 unspecified atom stereocenters. The van der Waals surface area contributed by atoms with Gasteiger partial charge in [-0.3, -0.25) is 14.5 Å². The summed E-state index contributed by atoms with van der Waals surface area (Å²) in [7, 11) is 0. The third-order valence-electron chi connectivity index (χ3n) is 6.90. The zero-order valence-corrected chi connectivity index (χ0v) is 22.1. The first-order chi connectivity index (χ1) is 17.1. The van der Waals surface area contributed by atoms with E-state index in [9.17, 15) is 9.59 Å². The molecule has 0 aliphatic carbocycles. The van der Waals surface area contributed by atoms with Crippen LogP contribution in [0.15, 0.2) is 24.3 Å². The van der Waals surface area contributed by atoms with Gasteiger partial charge in [-0.05, 0) is 64.8 Å². The first kappa shape index (κ1) is 25.5. The van der Waals surface area contributed by atoms with Gasteiger partial charge in [-0.2, -0.15) is 5.10 Å². The number of carbonyl (C=O) groups is 2. The molecule has 3 aromatic rings. The Bertz CT molecular complexity index is 1270. The molecule has 3 heterocycles. The second-order valence-electron chi connectivity index (χ2n) is 9.64. The lowest BCUT2D eigenvalue weighted by atomic mass is 10.1. The van der Waals surface area contributed by atoms with E-state index >= 15 is 0 Å². The molecule has 4 rings (SSSR count). The number of aromatic nitrogens is 4. The average molecular weight is 490 g/mol. The van der Waals surface area contributed by atoms with E-state index in [0.717, 1.165) is 45.2 Å². The largest absolute Gasteiger partial charge is 0.340 e. The molecular formula is C27H35N7O2. The maximum absolute atomic E-state index is 13.1. The number of carbonyl (C=O) groups excluding carboxylic acids is 2. The highest BCUT2D eigenvalue weighted by Crippen LogP contribution is 2.20. The fourth-order valence-corrected chi connectivity index (χ4v) is 4.63.